The monoisotopic (exact) mass is 413 g/mol. The molecule has 1 fully saturated rings. The van der Waals surface area contributed by atoms with Crippen LogP contribution in [0.2, 0.25) is 0 Å². The number of aliphatic carboxylic acids is 1. The molecular formula is C18H31N5O6. The number of likely N-dealkylation sites (tertiary alicyclic amines) is 1. The van der Waals surface area contributed by atoms with Crippen molar-refractivity contribution in [2.45, 2.75) is 64.1 Å². The average Bonchev–Trinajstić information content (AvgIpc) is 3.11. The Kier molecular flexibility index (Phi) is 9.53. The van der Waals surface area contributed by atoms with Crippen LogP contribution in [0.5, 0.6) is 0 Å². The third-order valence-electron chi connectivity index (χ3n) is 4.62. The number of nitrogens with zero attached hydrogens (tertiary/aromatic N) is 1. The Morgan fingerprint density at radius 1 is 1.21 bits per heavy atom. The molecule has 0 aromatic carbocycles. The number of hydrogen-bond acceptors (Lipinski definition) is 6. The maximum Gasteiger partial charge on any atom is 0.326 e. The number of nitrogens with one attached hydrogen (secondary N) is 2. The summed E-state index contributed by atoms with van der Waals surface area (Å²) >= 11 is 0. The third-order valence-corrected chi connectivity index (χ3v) is 4.62. The van der Waals surface area contributed by atoms with Crippen LogP contribution in [0.15, 0.2) is 0 Å². The van der Waals surface area contributed by atoms with Gasteiger partial charge in [-0.15, -0.1) is 0 Å². The van der Waals surface area contributed by atoms with E-state index in [4.69, 9.17) is 11.5 Å². The molecule has 1 heterocycles. The fourth-order valence-electron chi connectivity index (χ4n) is 3.19. The summed E-state index contributed by atoms with van der Waals surface area (Å²) in [5.41, 5.74) is 10.9. The molecule has 0 spiro atoms. The predicted octanol–water partition coefficient (Wildman–Crippen LogP) is -1.70. The molecule has 7 N–H and O–H groups in total. The SMILES string of the molecule is CC(C)CC(N)C(=O)NCC(=O)NC(CCC(N)=O)C(=O)N1CCCC1C(=O)O. The summed E-state index contributed by atoms with van der Waals surface area (Å²) in [6.07, 6.45) is 1.08. The number of carbonyl (C=O) groups excluding carboxylic acids is 4. The highest BCUT2D eigenvalue weighted by Crippen LogP contribution is 2.19. The zero-order valence-electron chi connectivity index (χ0n) is 16.8. The molecule has 11 heteroatoms. The Labute approximate surface area is 169 Å². The molecule has 1 saturated heterocycles. The number of rotatable bonds is 11. The van der Waals surface area contributed by atoms with Gasteiger partial charge in [0.25, 0.3) is 0 Å². The lowest BCUT2D eigenvalue weighted by Gasteiger charge is -2.27. The molecule has 0 aromatic heterocycles. The van der Waals surface area contributed by atoms with Crippen LogP contribution in [0.1, 0.15) is 46.0 Å². The van der Waals surface area contributed by atoms with E-state index in [2.05, 4.69) is 10.6 Å². The first-order valence-electron chi connectivity index (χ1n) is 9.67. The number of amides is 4. The molecular weight excluding hydrogens is 382 g/mol. The van der Waals surface area contributed by atoms with Gasteiger partial charge in [-0.3, -0.25) is 19.2 Å². The van der Waals surface area contributed by atoms with Gasteiger partial charge >= 0.3 is 5.97 Å². The van der Waals surface area contributed by atoms with Gasteiger partial charge in [-0.05, 0) is 31.6 Å². The molecule has 0 radical (unpaired) electrons. The second kappa shape index (κ2) is 11.3. The Hall–Kier alpha value is -2.69. The summed E-state index contributed by atoms with van der Waals surface area (Å²) in [6, 6.07) is -2.84. The molecule has 29 heavy (non-hydrogen) atoms. The molecule has 3 atom stereocenters. The van der Waals surface area contributed by atoms with Crippen molar-refractivity contribution in [3.8, 4) is 0 Å². The van der Waals surface area contributed by atoms with E-state index in [-0.39, 0.29) is 25.3 Å². The van der Waals surface area contributed by atoms with Crippen LogP contribution in [0, 0.1) is 5.92 Å². The lowest BCUT2D eigenvalue weighted by Crippen LogP contribution is -2.54. The molecule has 164 valence electrons. The van der Waals surface area contributed by atoms with E-state index in [1.165, 1.54) is 4.90 Å². The fraction of sp³-hybridized carbons (Fsp3) is 0.722. The van der Waals surface area contributed by atoms with Gasteiger partial charge in [0, 0.05) is 13.0 Å². The minimum atomic E-state index is -1.12. The second-order valence-corrected chi connectivity index (χ2v) is 7.61. The highest BCUT2D eigenvalue weighted by atomic mass is 16.4. The topological polar surface area (TPSA) is 185 Å². The summed E-state index contributed by atoms with van der Waals surface area (Å²) in [5.74, 6) is -3.29. The standard InChI is InChI=1S/C18H31N5O6/c1-10(2)8-11(19)16(26)21-9-15(25)22-12(5-6-14(20)24)17(27)23-7-3-4-13(23)18(28)29/h10-13H,3-9,19H2,1-2H3,(H2,20,24)(H,21,26)(H,22,25)(H,28,29). The molecule has 11 nitrogen and oxygen atoms in total. The first-order valence-corrected chi connectivity index (χ1v) is 9.67. The van der Waals surface area contributed by atoms with Gasteiger partial charge in [-0.2, -0.15) is 0 Å². The molecule has 1 rings (SSSR count). The fourth-order valence-corrected chi connectivity index (χ4v) is 3.19. The van der Waals surface area contributed by atoms with Crippen molar-refractivity contribution in [1.29, 1.82) is 0 Å². The van der Waals surface area contributed by atoms with Gasteiger partial charge in [0.15, 0.2) is 0 Å². The predicted molar refractivity (Wildman–Crippen MR) is 103 cm³/mol. The summed E-state index contributed by atoms with van der Waals surface area (Å²) in [6.45, 7) is 3.68. The van der Waals surface area contributed by atoms with E-state index < -0.39 is 54.3 Å². The van der Waals surface area contributed by atoms with Crippen molar-refractivity contribution in [2.24, 2.45) is 17.4 Å². The van der Waals surface area contributed by atoms with Crippen molar-refractivity contribution < 1.29 is 29.1 Å². The van der Waals surface area contributed by atoms with E-state index in [1.807, 2.05) is 13.8 Å². The largest absolute Gasteiger partial charge is 0.480 e. The normalized spacial score (nSPS) is 18.2. The molecule has 1 aliphatic heterocycles. The molecule has 4 amide bonds. The van der Waals surface area contributed by atoms with Crippen LogP contribution < -0.4 is 22.1 Å². The zero-order chi connectivity index (χ0) is 22.1. The van der Waals surface area contributed by atoms with E-state index in [9.17, 15) is 29.1 Å². The van der Waals surface area contributed by atoms with Crippen molar-refractivity contribution in [2.75, 3.05) is 13.1 Å². The average molecular weight is 413 g/mol. The quantitative estimate of drug-likeness (QED) is 0.267. The summed E-state index contributed by atoms with van der Waals surface area (Å²) in [7, 11) is 0. The van der Waals surface area contributed by atoms with Crippen molar-refractivity contribution in [1.82, 2.24) is 15.5 Å². The van der Waals surface area contributed by atoms with E-state index in [0.717, 1.165) is 0 Å². The van der Waals surface area contributed by atoms with E-state index in [1.54, 1.807) is 0 Å². The second-order valence-electron chi connectivity index (χ2n) is 7.61. The maximum absolute atomic E-state index is 12.8. The van der Waals surface area contributed by atoms with Crippen molar-refractivity contribution in [3.63, 3.8) is 0 Å². The number of nitrogens with two attached hydrogens (primary N) is 2. The van der Waals surface area contributed by atoms with Crippen molar-refractivity contribution >= 4 is 29.6 Å². The Morgan fingerprint density at radius 3 is 2.41 bits per heavy atom. The molecule has 1 aliphatic rings. The molecule has 0 aliphatic carbocycles. The lowest BCUT2D eigenvalue weighted by molar-refractivity contribution is -0.149. The Morgan fingerprint density at radius 2 is 1.86 bits per heavy atom. The van der Waals surface area contributed by atoms with E-state index >= 15 is 0 Å². The molecule has 0 aromatic rings. The third kappa shape index (κ3) is 8.06. The Bertz CT molecular complexity index is 638. The van der Waals surface area contributed by atoms with Crippen LogP contribution >= 0.6 is 0 Å². The van der Waals surface area contributed by atoms with Crippen LogP contribution in [0.25, 0.3) is 0 Å². The van der Waals surface area contributed by atoms with Gasteiger partial charge in [-0.25, -0.2) is 4.79 Å². The molecule has 3 unspecified atom stereocenters. The van der Waals surface area contributed by atoms with Gasteiger partial charge in [0.1, 0.15) is 12.1 Å². The van der Waals surface area contributed by atoms with Crippen LogP contribution in [0.3, 0.4) is 0 Å². The number of primary amides is 1. The number of carboxylic acid groups (broad SMARTS) is 1. The number of hydrogen-bond donors (Lipinski definition) is 5. The lowest BCUT2D eigenvalue weighted by atomic mass is 10.0. The number of carboxylic acids is 1. The van der Waals surface area contributed by atoms with Gasteiger partial charge < -0.3 is 32.1 Å². The summed E-state index contributed by atoms with van der Waals surface area (Å²) in [5, 5.41) is 14.1. The first-order chi connectivity index (χ1) is 13.5. The van der Waals surface area contributed by atoms with Crippen LogP contribution in [-0.4, -0.2) is 70.8 Å². The highest BCUT2D eigenvalue weighted by Gasteiger charge is 2.37. The van der Waals surface area contributed by atoms with Gasteiger partial charge in [-0.1, -0.05) is 13.8 Å². The highest BCUT2D eigenvalue weighted by molar-refractivity contribution is 5.93. The minimum absolute atomic E-state index is 0.0659. The van der Waals surface area contributed by atoms with Crippen LogP contribution in [0.4, 0.5) is 0 Å². The Balaban J connectivity index is 2.71. The van der Waals surface area contributed by atoms with Gasteiger partial charge in [0.05, 0.1) is 12.6 Å². The van der Waals surface area contributed by atoms with Crippen LogP contribution in [-0.2, 0) is 24.0 Å². The van der Waals surface area contributed by atoms with E-state index in [0.29, 0.717) is 19.3 Å². The maximum atomic E-state index is 12.8. The van der Waals surface area contributed by atoms with Crippen molar-refractivity contribution in [3.05, 3.63) is 0 Å². The molecule has 0 saturated carbocycles. The minimum Gasteiger partial charge on any atom is -0.480 e. The van der Waals surface area contributed by atoms with Gasteiger partial charge in [0.2, 0.25) is 23.6 Å². The first kappa shape index (κ1) is 24.3. The summed E-state index contributed by atoms with van der Waals surface area (Å²) < 4.78 is 0. The zero-order valence-corrected chi connectivity index (χ0v) is 16.8. The molecule has 0 bridgehead atoms. The number of carbonyl (C=O) groups is 5. The summed E-state index contributed by atoms with van der Waals surface area (Å²) in [4.78, 5) is 60.5. The smallest absolute Gasteiger partial charge is 0.326 e.